The van der Waals surface area contributed by atoms with Gasteiger partial charge in [0.2, 0.25) is 11.8 Å². The highest BCUT2D eigenvalue weighted by Gasteiger charge is 2.37. The summed E-state index contributed by atoms with van der Waals surface area (Å²) in [6, 6.07) is 14.1. The van der Waals surface area contributed by atoms with E-state index in [1.807, 2.05) is 36.6 Å². The van der Waals surface area contributed by atoms with Crippen molar-refractivity contribution in [3.05, 3.63) is 65.7 Å². The van der Waals surface area contributed by atoms with Crippen LogP contribution in [0.1, 0.15) is 83.4 Å². The molecule has 0 heterocycles. The SMILES string of the molecule is CCCCCCCN(C(=O)C(CCSC)NC(=O)OC(C)(C)C)C(C(=O)NCc1ccccc1)c1ccccc1O. The number of hydrogen-bond acceptors (Lipinski definition) is 6. The maximum Gasteiger partial charge on any atom is 0.408 e. The Labute approximate surface area is 249 Å². The summed E-state index contributed by atoms with van der Waals surface area (Å²) in [5, 5.41) is 16.6. The van der Waals surface area contributed by atoms with E-state index < -0.39 is 29.7 Å². The van der Waals surface area contributed by atoms with Gasteiger partial charge in [0.15, 0.2) is 0 Å². The van der Waals surface area contributed by atoms with Crippen LogP contribution >= 0.6 is 11.8 Å². The van der Waals surface area contributed by atoms with Gasteiger partial charge >= 0.3 is 6.09 Å². The Morgan fingerprint density at radius 1 is 0.976 bits per heavy atom. The number of aromatic hydroxyl groups is 1. The molecule has 3 N–H and O–H groups in total. The van der Waals surface area contributed by atoms with Crippen molar-refractivity contribution in [2.24, 2.45) is 0 Å². The summed E-state index contributed by atoms with van der Waals surface area (Å²) in [5.74, 6) is -0.239. The lowest BCUT2D eigenvalue weighted by Gasteiger charge is -2.35. The molecule has 0 radical (unpaired) electrons. The number of para-hydroxylation sites is 1. The molecule has 0 aliphatic carbocycles. The van der Waals surface area contributed by atoms with Gasteiger partial charge in [-0.1, -0.05) is 81.1 Å². The van der Waals surface area contributed by atoms with Crippen LogP contribution in [0, 0.1) is 0 Å². The quantitative estimate of drug-likeness (QED) is 0.203. The molecule has 41 heavy (non-hydrogen) atoms. The van der Waals surface area contributed by atoms with Gasteiger partial charge < -0.3 is 25.4 Å². The summed E-state index contributed by atoms with van der Waals surface area (Å²) in [7, 11) is 0. The summed E-state index contributed by atoms with van der Waals surface area (Å²) in [6.07, 6.45) is 6.38. The predicted molar refractivity (Wildman–Crippen MR) is 166 cm³/mol. The number of hydrogen-bond donors (Lipinski definition) is 3. The van der Waals surface area contributed by atoms with Gasteiger partial charge in [-0.05, 0) is 57.3 Å². The fourth-order valence-corrected chi connectivity index (χ4v) is 4.92. The summed E-state index contributed by atoms with van der Waals surface area (Å²) < 4.78 is 5.46. The first kappa shape index (κ1) is 34.0. The van der Waals surface area contributed by atoms with Crippen molar-refractivity contribution in [3.63, 3.8) is 0 Å². The minimum atomic E-state index is -1.09. The minimum Gasteiger partial charge on any atom is -0.508 e. The third kappa shape index (κ3) is 12.1. The number of nitrogens with zero attached hydrogens (tertiary/aromatic N) is 1. The molecule has 0 bridgehead atoms. The van der Waals surface area contributed by atoms with E-state index in [0.717, 1.165) is 31.2 Å². The van der Waals surface area contributed by atoms with Crippen LogP contribution in [0.5, 0.6) is 5.75 Å². The first-order valence-electron chi connectivity index (χ1n) is 14.5. The van der Waals surface area contributed by atoms with E-state index in [9.17, 15) is 19.5 Å². The molecule has 226 valence electrons. The van der Waals surface area contributed by atoms with Crippen molar-refractivity contribution in [2.45, 2.75) is 90.4 Å². The Bertz CT molecular complexity index is 1090. The third-order valence-electron chi connectivity index (χ3n) is 6.49. The van der Waals surface area contributed by atoms with Gasteiger partial charge in [0.05, 0.1) is 0 Å². The predicted octanol–water partition coefficient (Wildman–Crippen LogP) is 6.20. The first-order chi connectivity index (χ1) is 19.6. The van der Waals surface area contributed by atoms with E-state index in [4.69, 9.17) is 4.74 Å². The standard InChI is InChI=1S/C32H47N3O5S/c1-6-7-8-9-15-21-35(30(38)26(20-22-41-5)34-31(39)40-32(2,3)4)28(25-18-13-14-19-27(25)36)29(37)33-23-24-16-11-10-12-17-24/h10-14,16-19,26,28,36H,6-9,15,20-23H2,1-5H3,(H,33,37)(H,34,39). The molecule has 9 heteroatoms. The van der Waals surface area contributed by atoms with Crippen molar-refractivity contribution >= 4 is 29.7 Å². The minimum absolute atomic E-state index is 0.0723. The van der Waals surface area contributed by atoms with Gasteiger partial charge in [-0.3, -0.25) is 9.59 Å². The maximum atomic E-state index is 14.3. The lowest BCUT2D eigenvalue weighted by atomic mass is 10.00. The van der Waals surface area contributed by atoms with Crippen LogP contribution in [0.15, 0.2) is 54.6 Å². The van der Waals surface area contributed by atoms with E-state index >= 15 is 0 Å². The van der Waals surface area contributed by atoms with Crippen LogP contribution in [0.2, 0.25) is 0 Å². The number of ether oxygens (including phenoxy) is 1. The van der Waals surface area contributed by atoms with Gasteiger partial charge in [0.25, 0.3) is 0 Å². The van der Waals surface area contributed by atoms with Crippen LogP contribution in [0.25, 0.3) is 0 Å². The van der Waals surface area contributed by atoms with Crippen molar-refractivity contribution in [2.75, 3.05) is 18.6 Å². The fraction of sp³-hybridized carbons (Fsp3) is 0.531. The van der Waals surface area contributed by atoms with Gasteiger partial charge in [-0.15, -0.1) is 0 Å². The van der Waals surface area contributed by atoms with Crippen LogP contribution in [0.4, 0.5) is 4.79 Å². The molecule has 0 saturated heterocycles. The molecule has 0 aliphatic heterocycles. The molecule has 3 amide bonds. The average Bonchev–Trinajstić information content (AvgIpc) is 2.93. The number of carbonyl (C=O) groups excluding carboxylic acids is 3. The van der Waals surface area contributed by atoms with Crippen molar-refractivity contribution in [1.29, 1.82) is 0 Å². The molecule has 8 nitrogen and oxygen atoms in total. The van der Waals surface area contributed by atoms with E-state index in [-0.39, 0.29) is 18.2 Å². The third-order valence-corrected chi connectivity index (χ3v) is 7.13. The Balaban J connectivity index is 2.46. The van der Waals surface area contributed by atoms with Gasteiger partial charge in [0, 0.05) is 18.7 Å². The second kappa shape index (κ2) is 17.6. The number of benzene rings is 2. The highest BCUT2D eigenvalue weighted by molar-refractivity contribution is 7.98. The summed E-state index contributed by atoms with van der Waals surface area (Å²) >= 11 is 1.56. The zero-order valence-electron chi connectivity index (χ0n) is 25.2. The smallest absolute Gasteiger partial charge is 0.408 e. The molecule has 2 atom stereocenters. The first-order valence-corrected chi connectivity index (χ1v) is 15.8. The van der Waals surface area contributed by atoms with Crippen LogP contribution in [-0.2, 0) is 20.9 Å². The second-order valence-electron chi connectivity index (χ2n) is 11.1. The number of phenolic OH excluding ortho intramolecular Hbond substituents is 1. The van der Waals surface area contributed by atoms with E-state index in [0.29, 0.717) is 30.7 Å². The Morgan fingerprint density at radius 3 is 2.27 bits per heavy atom. The normalized spacial score (nSPS) is 12.7. The number of alkyl carbamates (subject to hydrolysis) is 1. The highest BCUT2D eigenvalue weighted by Crippen LogP contribution is 2.30. The summed E-state index contributed by atoms with van der Waals surface area (Å²) in [6.45, 7) is 8.00. The molecule has 0 spiro atoms. The molecular weight excluding hydrogens is 538 g/mol. The zero-order valence-corrected chi connectivity index (χ0v) is 26.0. The number of thioether (sulfide) groups is 1. The van der Waals surface area contributed by atoms with Crippen molar-refractivity contribution in [1.82, 2.24) is 15.5 Å². The van der Waals surface area contributed by atoms with E-state index in [1.54, 1.807) is 50.7 Å². The zero-order chi connectivity index (χ0) is 30.3. The lowest BCUT2D eigenvalue weighted by Crippen LogP contribution is -2.53. The Kier molecular flexibility index (Phi) is 14.6. The highest BCUT2D eigenvalue weighted by atomic mass is 32.2. The number of nitrogens with one attached hydrogen (secondary N) is 2. The largest absolute Gasteiger partial charge is 0.508 e. The van der Waals surface area contributed by atoms with E-state index in [1.165, 1.54) is 11.0 Å². The molecular formula is C32H47N3O5S. The molecule has 2 aromatic rings. The van der Waals surface area contributed by atoms with Crippen molar-refractivity contribution < 1.29 is 24.2 Å². The molecule has 0 aliphatic rings. The van der Waals surface area contributed by atoms with Crippen LogP contribution < -0.4 is 10.6 Å². The molecule has 2 aromatic carbocycles. The second-order valence-corrected chi connectivity index (χ2v) is 12.1. The van der Waals surface area contributed by atoms with Gasteiger partial charge in [-0.25, -0.2) is 4.79 Å². The topological polar surface area (TPSA) is 108 Å². The Morgan fingerprint density at radius 2 is 1.63 bits per heavy atom. The van der Waals surface area contributed by atoms with Gasteiger partial charge in [0.1, 0.15) is 23.4 Å². The number of phenols is 1. The lowest BCUT2D eigenvalue weighted by molar-refractivity contribution is -0.142. The number of amides is 3. The Hall–Kier alpha value is -3.20. The molecule has 2 rings (SSSR count). The average molecular weight is 586 g/mol. The summed E-state index contributed by atoms with van der Waals surface area (Å²) in [4.78, 5) is 42.4. The van der Waals surface area contributed by atoms with E-state index in [2.05, 4.69) is 17.6 Å². The number of carbonyl (C=O) groups is 3. The molecule has 0 aromatic heterocycles. The molecule has 0 fully saturated rings. The maximum absolute atomic E-state index is 14.3. The number of rotatable bonds is 16. The summed E-state index contributed by atoms with van der Waals surface area (Å²) in [5.41, 5.74) is 0.519. The van der Waals surface area contributed by atoms with Crippen LogP contribution in [-0.4, -0.2) is 58.1 Å². The number of unbranched alkanes of at least 4 members (excludes halogenated alkanes) is 4. The monoisotopic (exact) mass is 585 g/mol. The fourth-order valence-electron chi connectivity index (χ4n) is 4.45. The van der Waals surface area contributed by atoms with Crippen molar-refractivity contribution in [3.8, 4) is 5.75 Å². The molecule has 2 unspecified atom stereocenters. The molecule has 0 saturated carbocycles. The van der Waals surface area contributed by atoms with Crippen LogP contribution in [0.3, 0.4) is 0 Å². The van der Waals surface area contributed by atoms with Gasteiger partial charge in [-0.2, -0.15) is 11.8 Å².